The topological polar surface area (TPSA) is 87.3 Å². The number of H-pyrrole nitrogens is 1. The lowest BCUT2D eigenvalue weighted by Gasteiger charge is -2.28. The average Bonchev–Trinajstić information content (AvgIpc) is 3.32. The van der Waals surface area contributed by atoms with Crippen molar-refractivity contribution < 1.29 is 14.3 Å². The highest BCUT2D eigenvalue weighted by Gasteiger charge is 2.44. The predicted molar refractivity (Wildman–Crippen MR) is 115 cm³/mol. The summed E-state index contributed by atoms with van der Waals surface area (Å²) in [5.74, 6) is 0.452. The number of likely N-dealkylation sites (tertiary alicyclic amines) is 1. The van der Waals surface area contributed by atoms with Gasteiger partial charge in [0.05, 0.1) is 30.1 Å². The first-order chi connectivity index (χ1) is 14.6. The molecule has 0 saturated carbocycles. The van der Waals surface area contributed by atoms with Crippen LogP contribution in [0.4, 0.5) is 5.95 Å². The minimum Gasteiger partial charge on any atom is -0.497 e. The molecule has 0 unspecified atom stereocenters. The molecule has 2 N–H and O–H groups in total. The predicted octanol–water partition coefficient (Wildman–Crippen LogP) is 3.90. The molecule has 30 heavy (non-hydrogen) atoms. The molecule has 0 radical (unpaired) electrons. The fourth-order valence-electron chi connectivity index (χ4n) is 4.05. The Balaban J connectivity index is 1.61. The largest absolute Gasteiger partial charge is 0.497 e. The summed E-state index contributed by atoms with van der Waals surface area (Å²) < 4.78 is 5.25. The molecular formula is C23H26N4O3. The van der Waals surface area contributed by atoms with E-state index >= 15 is 0 Å². The number of benzene rings is 2. The van der Waals surface area contributed by atoms with Crippen LogP contribution < -0.4 is 10.1 Å². The minimum atomic E-state index is -0.490. The van der Waals surface area contributed by atoms with Gasteiger partial charge in [-0.15, -0.1) is 0 Å². The first kappa shape index (κ1) is 19.9. The second kappa shape index (κ2) is 8.57. The van der Waals surface area contributed by atoms with Gasteiger partial charge in [0.2, 0.25) is 17.8 Å². The lowest BCUT2D eigenvalue weighted by atomic mass is 9.92. The number of anilines is 1. The summed E-state index contributed by atoms with van der Waals surface area (Å²) in [4.78, 5) is 35.4. The Morgan fingerprint density at radius 2 is 2.00 bits per heavy atom. The molecule has 2 aromatic carbocycles. The van der Waals surface area contributed by atoms with Gasteiger partial charge in [-0.3, -0.25) is 14.9 Å². The van der Waals surface area contributed by atoms with Crippen LogP contribution in [0.15, 0.2) is 48.5 Å². The van der Waals surface area contributed by atoms with E-state index in [1.54, 1.807) is 7.11 Å². The van der Waals surface area contributed by atoms with Crippen molar-refractivity contribution in [1.29, 1.82) is 0 Å². The second-order valence-electron chi connectivity index (χ2n) is 7.56. The van der Waals surface area contributed by atoms with Crippen LogP contribution in [0, 0.1) is 5.92 Å². The van der Waals surface area contributed by atoms with Crippen LogP contribution in [0.2, 0.25) is 0 Å². The van der Waals surface area contributed by atoms with E-state index < -0.39 is 5.92 Å². The fourth-order valence-corrected chi connectivity index (χ4v) is 4.05. The Labute approximate surface area is 175 Å². The highest BCUT2D eigenvalue weighted by atomic mass is 16.5. The number of para-hydroxylation sites is 2. The third kappa shape index (κ3) is 3.87. The van der Waals surface area contributed by atoms with Gasteiger partial charge < -0.3 is 14.6 Å². The number of ether oxygens (including phenoxy) is 1. The van der Waals surface area contributed by atoms with Crippen LogP contribution in [0.25, 0.3) is 11.0 Å². The Bertz CT molecular complexity index is 1010. The molecule has 1 aliphatic heterocycles. The van der Waals surface area contributed by atoms with E-state index in [4.69, 9.17) is 4.74 Å². The van der Waals surface area contributed by atoms with Crippen molar-refractivity contribution in [3.8, 4) is 5.75 Å². The van der Waals surface area contributed by atoms with Gasteiger partial charge in [0.1, 0.15) is 5.75 Å². The molecule has 3 aromatic rings. The third-order valence-corrected chi connectivity index (χ3v) is 5.61. The maximum absolute atomic E-state index is 13.2. The van der Waals surface area contributed by atoms with Gasteiger partial charge in [-0.25, -0.2) is 4.98 Å². The molecule has 1 aromatic heterocycles. The van der Waals surface area contributed by atoms with Crippen molar-refractivity contribution in [2.24, 2.45) is 5.92 Å². The van der Waals surface area contributed by atoms with Crippen LogP contribution in [-0.2, 0) is 9.59 Å². The average molecular weight is 406 g/mol. The highest BCUT2D eigenvalue weighted by Crippen LogP contribution is 2.39. The normalized spacial score (nSPS) is 18.7. The molecule has 1 saturated heterocycles. The number of carbonyl (C=O) groups excluding carboxylic acids is 2. The summed E-state index contributed by atoms with van der Waals surface area (Å²) in [5, 5.41) is 2.88. The number of rotatable bonds is 7. The number of nitrogens with one attached hydrogen (secondary N) is 2. The Morgan fingerprint density at radius 3 is 2.70 bits per heavy atom. The molecule has 7 heteroatoms. The van der Waals surface area contributed by atoms with E-state index in [-0.39, 0.29) is 24.3 Å². The van der Waals surface area contributed by atoms with Gasteiger partial charge in [0.15, 0.2) is 0 Å². The van der Waals surface area contributed by atoms with Gasteiger partial charge in [0, 0.05) is 13.0 Å². The molecule has 1 aliphatic rings. The molecule has 4 rings (SSSR count). The van der Waals surface area contributed by atoms with Gasteiger partial charge in [0.25, 0.3) is 0 Å². The molecule has 7 nitrogen and oxygen atoms in total. The first-order valence-electron chi connectivity index (χ1n) is 10.3. The van der Waals surface area contributed by atoms with Gasteiger partial charge >= 0.3 is 0 Å². The van der Waals surface area contributed by atoms with E-state index in [0.717, 1.165) is 35.2 Å². The van der Waals surface area contributed by atoms with E-state index in [9.17, 15) is 9.59 Å². The van der Waals surface area contributed by atoms with Gasteiger partial charge in [-0.05, 0) is 36.2 Å². The minimum absolute atomic E-state index is 0.00836. The molecular weight excluding hydrogens is 380 g/mol. The van der Waals surface area contributed by atoms with Crippen LogP contribution in [0.5, 0.6) is 5.75 Å². The zero-order chi connectivity index (χ0) is 21.1. The van der Waals surface area contributed by atoms with Crippen LogP contribution in [0.3, 0.4) is 0 Å². The third-order valence-electron chi connectivity index (χ3n) is 5.61. The maximum Gasteiger partial charge on any atom is 0.232 e. The summed E-state index contributed by atoms with van der Waals surface area (Å²) in [7, 11) is 1.62. The Kier molecular flexibility index (Phi) is 5.70. The van der Waals surface area contributed by atoms with Gasteiger partial charge in [-0.2, -0.15) is 0 Å². The molecule has 2 heterocycles. The summed E-state index contributed by atoms with van der Waals surface area (Å²) in [6.07, 6.45) is 2.07. The van der Waals surface area contributed by atoms with Crippen LogP contribution >= 0.6 is 0 Å². The van der Waals surface area contributed by atoms with Crippen molar-refractivity contribution in [2.45, 2.75) is 32.2 Å². The van der Waals surface area contributed by atoms with Crippen molar-refractivity contribution in [3.63, 3.8) is 0 Å². The van der Waals surface area contributed by atoms with Crippen LogP contribution in [0.1, 0.15) is 37.8 Å². The molecule has 2 atom stereocenters. The lowest BCUT2D eigenvalue weighted by Crippen LogP contribution is -2.33. The Hall–Kier alpha value is -3.35. The van der Waals surface area contributed by atoms with Crippen LogP contribution in [-0.4, -0.2) is 40.3 Å². The second-order valence-corrected chi connectivity index (χ2v) is 7.56. The van der Waals surface area contributed by atoms with E-state index in [2.05, 4.69) is 22.2 Å². The molecule has 0 bridgehead atoms. The zero-order valence-corrected chi connectivity index (χ0v) is 17.2. The monoisotopic (exact) mass is 406 g/mol. The van der Waals surface area contributed by atoms with E-state index in [1.807, 2.05) is 53.4 Å². The fraction of sp³-hybridized carbons (Fsp3) is 0.348. The first-order valence-corrected chi connectivity index (χ1v) is 10.3. The molecule has 0 spiro atoms. The summed E-state index contributed by atoms with van der Waals surface area (Å²) >= 11 is 0. The number of fused-ring (bicyclic) bond motifs is 1. The summed E-state index contributed by atoms with van der Waals surface area (Å²) in [6, 6.07) is 14.9. The number of carbonyl (C=O) groups is 2. The number of methoxy groups -OCH3 is 1. The Morgan fingerprint density at radius 1 is 1.23 bits per heavy atom. The molecule has 0 aliphatic carbocycles. The SMILES string of the molecule is CCCCN1C(=O)C[C@@H](C(=O)Nc2nc3ccccc3[nH]2)[C@H]1c1ccc(OC)cc1. The number of imidazole rings is 1. The van der Waals surface area contributed by atoms with Crippen molar-refractivity contribution in [3.05, 3.63) is 54.1 Å². The summed E-state index contributed by atoms with van der Waals surface area (Å²) in [5.41, 5.74) is 2.57. The smallest absolute Gasteiger partial charge is 0.232 e. The number of nitrogens with zero attached hydrogens (tertiary/aromatic N) is 2. The number of hydrogen-bond acceptors (Lipinski definition) is 4. The number of unbranched alkanes of at least 4 members (excludes halogenated alkanes) is 1. The standard InChI is InChI=1S/C23H26N4O3/c1-3-4-13-27-20(28)14-17(21(27)15-9-11-16(30-2)12-10-15)22(29)26-23-24-18-7-5-6-8-19(18)25-23/h5-12,17,21H,3-4,13-14H2,1-2H3,(H2,24,25,26,29)/t17-,21-/m1/s1. The molecule has 2 amide bonds. The summed E-state index contributed by atoms with van der Waals surface area (Å²) in [6.45, 7) is 2.73. The number of aromatic amines is 1. The molecule has 156 valence electrons. The number of amides is 2. The number of hydrogen-bond donors (Lipinski definition) is 2. The zero-order valence-electron chi connectivity index (χ0n) is 17.2. The highest BCUT2D eigenvalue weighted by molar-refractivity contribution is 5.97. The number of aromatic nitrogens is 2. The van der Waals surface area contributed by atoms with Crippen molar-refractivity contribution in [1.82, 2.24) is 14.9 Å². The lowest BCUT2D eigenvalue weighted by molar-refractivity contribution is -0.129. The van der Waals surface area contributed by atoms with E-state index in [0.29, 0.717) is 12.5 Å². The van der Waals surface area contributed by atoms with Crippen molar-refractivity contribution >= 4 is 28.8 Å². The molecule has 1 fully saturated rings. The van der Waals surface area contributed by atoms with Gasteiger partial charge in [-0.1, -0.05) is 37.6 Å². The van der Waals surface area contributed by atoms with E-state index in [1.165, 1.54) is 0 Å². The maximum atomic E-state index is 13.2. The van der Waals surface area contributed by atoms with Crippen molar-refractivity contribution in [2.75, 3.05) is 19.0 Å². The quantitative estimate of drug-likeness (QED) is 0.623.